The van der Waals surface area contributed by atoms with Gasteiger partial charge in [-0.3, -0.25) is 0 Å². The zero-order valence-corrected chi connectivity index (χ0v) is 12.2. The van der Waals surface area contributed by atoms with Crippen LogP contribution in [0.5, 0.6) is 0 Å². The first-order valence-electron chi connectivity index (χ1n) is 7.09. The van der Waals surface area contributed by atoms with Crippen molar-refractivity contribution in [1.82, 2.24) is 20.3 Å². The SMILES string of the molecule is CC(C)(C)NCCCCCn1nnc2ccccc21. The van der Waals surface area contributed by atoms with Gasteiger partial charge in [0.1, 0.15) is 5.52 Å². The Morgan fingerprint density at radius 3 is 2.68 bits per heavy atom. The maximum Gasteiger partial charge on any atom is 0.113 e. The lowest BCUT2D eigenvalue weighted by Crippen LogP contribution is -2.36. The summed E-state index contributed by atoms with van der Waals surface area (Å²) < 4.78 is 2.01. The average molecular weight is 260 g/mol. The fraction of sp³-hybridized carbons (Fsp3) is 0.600. The summed E-state index contributed by atoms with van der Waals surface area (Å²) in [6.07, 6.45) is 3.58. The number of hydrogen-bond acceptors (Lipinski definition) is 3. The lowest BCUT2D eigenvalue weighted by atomic mass is 10.1. The Morgan fingerprint density at radius 1 is 1.11 bits per heavy atom. The van der Waals surface area contributed by atoms with Gasteiger partial charge < -0.3 is 5.32 Å². The molecule has 1 aromatic heterocycles. The van der Waals surface area contributed by atoms with Crippen molar-refractivity contribution >= 4 is 11.0 Å². The number of para-hydroxylation sites is 1. The molecule has 2 rings (SSSR count). The molecule has 0 bridgehead atoms. The van der Waals surface area contributed by atoms with E-state index in [4.69, 9.17) is 0 Å². The molecule has 0 atom stereocenters. The monoisotopic (exact) mass is 260 g/mol. The molecule has 1 aromatic carbocycles. The van der Waals surface area contributed by atoms with Crippen LogP contribution in [0, 0.1) is 0 Å². The molecule has 4 heteroatoms. The van der Waals surface area contributed by atoms with Crippen LogP contribution in [0.1, 0.15) is 40.0 Å². The van der Waals surface area contributed by atoms with Crippen molar-refractivity contribution in [2.45, 2.75) is 52.1 Å². The highest BCUT2D eigenvalue weighted by Gasteiger charge is 2.07. The number of nitrogens with one attached hydrogen (secondary N) is 1. The third kappa shape index (κ3) is 4.31. The molecule has 104 valence electrons. The van der Waals surface area contributed by atoms with Crippen LogP contribution in [-0.4, -0.2) is 27.1 Å². The van der Waals surface area contributed by atoms with Crippen molar-refractivity contribution in [3.8, 4) is 0 Å². The third-order valence-electron chi connectivity index (χ3n) is 3.12. The highest BCUT2D eigenvalue weighted by atomic mass is 15.4. The van der Waals surface area contributed by atoms with E-state index in [1.807, 2.05) is 22.9 Å². The number of rotatable bonds is 6. The molecule has 0 aliphatic rings. The van der Waals surface area contributed by atoms with Crippen molar-refractivity contribution in [2.75, 3.05) is 6.54 Å². The molecule has 4 nitrogen and oxygen atoms in total. The van der Waals surface area contributed by atoms with E-state index in [1.165, 1.54) is 12.8 Å². The van der Waals surface area contributed by atoms with Gasteiger partial charge in [0, 0.05) is 12.1 Å². The van der Waals surface area contributed by atoms with Gasteiger partial charge in [-0.1, -0.05) is 23.8 Å². The molecule has 0 radical (unpaired) electrons. The van der Waals surface area contributed by atoms with E-state index < -0.39 is 0 Å². The number of fused-ring (bicyclic) bond motifs is 1. The van der Waals surface area contributed by atoms with Gasteiger partial charge >= 0.3 is 0 Å². The number of aryl methyl sites for hydroxylation is 1. The molecule has 19 heavy (non-hydrogen) atoms. The normalized spacial score (nSPS) is 12.2. The molecule has 0 saturated heterocycles. The Labute approximate surface area is 115 Å². The van der Waals surface area contributed by atoms with Gasteiger partial charge in [0.25, 0.3) is 0 Å². The Hall–Kier alpha value is -1.42. The molecule has 0 unspecified atom stereocenters. The van der Waals surface area contributed by atoms with Gasteiger partial charge in [-0.05, 0) is 52.3 Å². The van der Waals surface area contributed by atoms with Crippen molar-refractivity contribution in [1.29, 1.82) is 0 Å². The summed E-state index contributed by atoms with van der Waals surface area (Å²) >= 11 is 0. The highest BCUT2D eigenvalue weighted by Crippen LogP contribution is 2.11. The van der Waals surface area contributed by atoms with Crippen LogP contribution in [0.3, 0.4) is 0 Å². The Bertz CT molecular complexity index is 510. The van der Waals surface area contributed by atoms with Gasteiger partial charge in [0.15, 0.2) is 0 Å². The molecule has 0 saturated carbocycles. The minimum Gasteiger partial charge on any atom is -0.312 e. The van der Waals surface area contributed by atoms with Crippen LogP contribution in [-0.2, 0) is 6.54 Å². The molecule has 0 aliphatic carbocycles. The summed E-state index contributed by atoms with van der Waals surface area (Å²) in [4.78, 5) is 0. The maximum atomic E-state index is 4.20. The first-order valence-corrected chi connectivity index (χ1v) is 7.09. The highest BCUT2D eigenvalue weighted by molar-refractivity contribution is 5.73. The van der Waals surface area contributed by atoms with E-state index >= 15 is 0 Å². The zero-order valence-electron chi connectivity index (χ0n) is 12.2. The van der Waals surface area contributed by atoms with Crippen LogP contribution >= 0.6 is 0 Å². The second-order valence-electron chi connectivity index (χ2n) is 6.04. The van der Waals surface area contributed by atoms with Gasteiger partial charge in [-0.15, -0.1) is 5.10 Å². The molecule has 0 aliphatic heterocycles. The summed E-state index contributed by atoms with van der Waals surface area (Å²) in [5.74, 6) is 0. The summed E-state index contributed by atoms with van der Waals surface area (Å²) in [6, 6.07) is 8.12. The predicted octanol–water partition coefficient (Wildman–Crippen LogP) is 2.99. The quantitative estimate of drug-likeness (QED) is 0.812. The van der Waals surface area contributed by atoms with Crippen LogP contribution in [0.4, 0.5) is 0 Å². The first kappa shape index (κ1) is 14.0. The number of hydrogen-bond donors (Lipinski definition) is 1. The van der Waals surface area contributed by atoms with Crippen molar-refractivity contribution in [2.24, 2.45) is 0 Å². The van der Waals surface area contributed by atoms with E-state index in [2.05, 4.69) is 42.5 Å². The van der Waals surface area contributed by atoms with Gasteiger partial charge in [0.05, 0.1) is 5.52 Å². The predicted molar refractivity (Wildman–Crippen MR) is 79.1 cm³/mol. The summed E-state index contributed by atoms with van der Waals surface area (Å²) in [5.41, 5.74) is 2.34. The van der Waals surface area contributed by atoms with E-state index in [0.717, 1.165) is 30.5 Å². The van der Waals surface area contributed by atoms with Crippen LogP contribution < -0.4 is 5.32 Å². The van der Waals surface area contributed by atoms with Crippen LogP contribution in [0.15, 0.2) is 24.3 Å². The lowest BCUT2D eigenvalue weighted by Gasteiger charge is -2.20. The largest absolute Gasteiger partial charge is 0.312 e. The van der Waals surface area contributed by atoms with E-state index in [-0.39, 0.29) is 5.54 Å². The van der Waals surface area contributed by atoms with E-state index in [0.29, 0.717) is 0 Å². The Balaban J connectivity index is 1.71. The zero-order chi connectivity index (χ0) is 13.7. The van der Waals surface area contributed by atoms with Crippen LogP contribution in [0.2, 0.25) is 0 Å². The Morgan fingerprint density at radius 2 is 1.89 bits per heavy atom. The number of benzene rings is 1. The number of nitrogens with zero attached hydrogens (tertiary/aromatic N) is 3. The number of aromatic nitrogens is 3. The fourth-order valence-corrected chi connectivity index (χ4v) is 2.11. The summed E-state index contributed by atoms with van der Waals surface area (Å²) in [6.45, 7) is 8.65. The standard InChI is InChI=1S/C15H24N4/c1-15(2,3)16-11-7-4-8-12-19-14-10-6-5-9-13(14)17-18-19/h5-6,9-10,16H,4,7-8,11-12H2,1-3H3. The molecule has 2 aromatic rings. The second kappa shape index (κ2) is 6.15. The van der Waals surface area contributed by atoms with Crippen molar-refractivity contribution in [3.05, 3.63) is 24.3 Å². The average Bonchev–Trinajstić information content (AvgIpc) is 2.76. The number of unbranched alkanes of at least 4 members (excludes halogenated alkanes) is 2. The van der Waals surface area contributed by atoms with Crippen molar-refractivity contribution in [3.63, 3.8) is 0 Å². The minimum atomic E-state index is 0.224. The van der Waals surface area contributed by atoms with E-state index in [9.17, 15) is 0 Å². The molecule has 1 heterocycles. The minimum absolute atomic E-state index is 0.224. The molecule has 1 N–H and O–H groups in total. The third-order valence-corrected chi connectivity index (χ3v) is 3.12. The van der Waals surface area contributed by atoms with Crippen LogP contribution in [0.25, 0.3) is 11.0 Å². The molecular formula is C15H24N4. The fourth-order valence-electron chi connectivity index (χ4n) is 2.11. The Kier molecular flexibility index (Phi) is 4.53. The molecular weight excluding hydrogens is 236 g/mol. The smallest absolute Gasteiger partial charge is 0.113 e. The molecule has 0 spiro atoms. The first-order chi connectivity index (χ1) is 9.06. The summed E-state index contributed by atoms with van der Waals surface area (Å²) in [7, 11) is 0. The van der Waals surface area contributed by atoms with Crippen molar-refractivity contribution < 1.29 is 0 Å². The van der Waals surface area contributed by atoms with Gasteiger partial charge in [-0.25, -0.2) is 4.68 Å². The summed E-state index contributed by atoms with van der Waals surface area (Å²) in [5, 5.41) is 11.9. The van der Waals surface area contributed by atoms with E-state index in [1.54, 1.807) is 0 Å². The van der Waals surface area contributed by atoms with Gasteiger partial charge in [0.2, 0.25) is 0 Å². The molecule has 0 fully saturated rings. The second-order valence-corrected chi connectivity index (χ2v) is 6.04. The maximum absolute atomic E-state index is 4.20. The van der Waals surface area contributed by atoms with Gasteiger partial charge in [-0.2, -0.15) is 0 Å². The lowest BCUT2D eigenvalue weighted by molar-refractivity contribution is 0.413. The topological polar surface area (TPSA) is 42.7 Å². The molecule has 0 amide bonds.